The Labute approximate surface area is 144 Å². The number of rotatable bonds is 4. The Hall–Kier alpha value is -1.94. The number of hydrogen-bond acceptors (Lipinski definition) is 3. The van der Waals surface area contributed by atoms with Gasteiger partial charge in [0, 0.05) is 28.0 Å². The monoisotopic (exact) mass is 371 g/mol. The molecule has 0 atom stereocenters. The Kier molecular flexibility index (Phi) is 4.35. The summed E-state index contributed by atoms with van der Waals surface area (Å²) in [6.07, 6.45) is 5.67. The third-order valence-electron chi connectivity index (χ3n) is 4.56. The third-order valence-corrected chi connectivity index (χ3v) is 5.09. The zero-order valence-electron chi connectivity index (χ0n) is 12.9. The summed E-state index contributed by atoms with van der Waals surface area (Å²) in [6, 6.07) is 11.5. The van der Waals surface area contributed by atoms with Crippen LogP contribution in [0.1, 0.15) is 40.9 Å². The van der Waals surface area contributed by atoms with E-state index >= 15 is 0 Å². The van der Waals surface area contributed by atoms with Crippen LogP contribution < -0.4 is 0 Å². The Bertz CT molecular complexity index is 744. The van der Waals surface area contributed by atoms with E-state index < -0.39 is 5.41 Å². The highest BCUT2D eigenvalue weighted by Crippen LogP contribution is 2.48. The van der Waals surface area contributed by atoms with E-state index in [2.05, 4.69) is 20.9 Å². The molecule has 1 saturated carbocycles. The number of nitrogens with zero attached hydrogens (tertiary/aromatic N) is 1. The van der Waals surface area contributed by atoms with Crippen LogP contribution in [0.15, 0.2) is 58.9 Å². The molecule has 1 aliphatic rings. The van der Waals surface area contributed by atoms with Crippen LogP contribution in [0.2, 0.25) is 0 Å². The third kappa shape index (κ3) is 3.08. The fourth-order valence-corrected chi connectivity index (χ4v) is 3.22. The van der Waals surface area contributed by atoms with Crippen LogP contribution in [0, 0.1) is 6.92 Å². The number of aliphatic hydroxyl groups is 1. The van der Waals surface area contributed by atoms with Crippen LogP contribution in [0.25, 0.3) is 0 Å². The van der Waals surface area contributed by atoms with Crippen LogP contribution in [-0.4, -0.2) is 15.9 Å². The first-order chi connectivity index (χ1) is 11.0. The summed E-state index contributed by atoms with van der Waals surface area (Å²) < 4.78 is 1.00. The smallest absolute Gasteiger partial charge is 0.190 e. The molecule has 1 aromatic carbocycles. The molecule has 4 heteroatoms. The highest BCUT2D eigenvalue weighted by atomic mass is 79.9. The number of ketones is 1. The molecule has 1 aromatic heterocycles. The van der Waals surface area contributed by atoms with Gasteiger partial charge in [0.1, 0.15) is 5.76 Å². The summed E-state index contributed by atoms with van der Waals surface area (Å²) in [5.41, 5.74) is 1.98. The van der Waals surface area contributed by atoms with Gasteiger partial charge in [-0.1, -0.05) is 34.5 Å². The second kappa shape index (κ2) is 6.28. The van der Waals surface area contributed by atoms with E-state index in [9.17, 15) is 9.90 Å². The van der Waals surface area contributed by atoms with Gasteiger partial charge >= 0.3 is 0 Å². The SMILES string of the molecule is Cc1ccc(C(=O)/C=C(\O)C2(c3ccc(Br)cc3)CCC2)cn1. The minimum atomic E-state index is -0.422. The average Bonchev–Trinajstić information content (AvgIpc) is 2.48. The summed E-state index contributed by atoms with van der Waals surface area (Å²) in [7, 11) is 0. The molecule has 0 aliphatic heterocycles. The van der Waals surface area contributed by atoms with Crippen LogP contribution in [0.5, 0.6) is 0 Å². The van der Waals surface area contributed by atoms with Crippen molar-refractivity contribution in [3.05, 3.63) is 75.7 Å². The first-order valence-electron chi connectivity index (χ1n) is 7.65. The number of aliphatic hydroxyl groups excluding tert-OH is 1. The summed E-state index contributed by atoms with van der Waals surface area (Å²) in [4.78, 5) is 16.5. The molecular formula is C19H18BrNO2. The molecule has 2 aromatic rings. The lowest BCUT2D eigenvalue weighted by molar-refractivity contribution is 0.103. The van der Waals surface area contributed by atoms with Crippen molar-refractivity contribution in [1.29, 1.82) is 0 Å². The largest absolute Gasteiger partial charge is 0.511 e. The summed E-state index contributed by atoms with van der Waals surface area (Å²) in [5.74, 6) is -0.0602. The zero-order chi connectivity index (χ0) is 16.4. The second-order valence-electron chi connectivity index (χ2n) is 6.02. The van der Waals surface area contributed by atoms with E-state index in [1.54, 1.807) is 18.3 Å². The topological polar surface area (TPSA) is 50.2 Å². The van der Waals surface area contributed by atoms with E-state index in [0.717, 1.165) is 35.0 Å². The molecule has 1 N–H and O–H groups in total. The zero-order valence-corrected chi connectivity index (χ0v) is 14.5. The van der Waals surface area contributed by atoms with E-state index in [1.807, 2.05) is 31.2 Å². The van der Waals surface area contributed by atoms with E-state index in [-0.39, 0.29) is 11.5 Å². The Balaban J connectivity index is 1.90. The molecule has 0 radical (unpaired) electrons. The van der Waals surface area contributed by atoms with Crippen LogP contribution in [-0.2, 0) is 5.41 Å². The number of carbonyl (C=O) groups is 1. The second-order valence-corrected chi connectivity index (χ2v) is 6.94. The number of hydrogen-bond donors (Lipinski definition) is 1. The molecule has 1 fully saturated rings. The lowest BCUT2D eigenvalue weighted by Crippen LogP contribution is -2.36. The van der Waals surface area contributed by atoms with Crippen molar-refractivity contribution in [2.75, 3.05) is 0 Å². The fraction of sp³-hybridized carbons (Fsp3) is 0.263. The van der Waals surface area contributed by atoms with Crippen LogP contribution in [0.3, 0.4) is 0 Å². The van der Waals surface area contributed by atoms with Crippen molar-refractivity contribution in [2.24, 2.45) is 0 Å². The minimum Gasteiger partial charge on any atom is -0.511 e. The maximum atomic E-state index is 12.4. The molecule has 1 aliphatic carbocycles. The number of benzene rings is 1. The number of halogens is 1. The highest BCUT2D eigenvalue weighted by molar-refractivity contribution is 9.10. The molecule has 23 heavy (non-hydrogen) atoms. The molecular weight excluding hydrogens is 354 g/mol. The van der Waals surface area contributed by atoms with Gasteiger partial charge in [0.15, 0.2) is 5.78 Å². The van der Waals surface area contributed by atoms with E-state index in [4.69, 9.17) is 0 Å². The van der Waals surface area contributed by atoms with Gasteiger partial charge in [0.2, 0.25) is 0 Å². The molecule has 1 heterocycles. The van der Waals surface area contributed by atoms with Gasteiger partial charge in [-0.3, -0.25) is 9.78 Å². The summed E-state index contributed by atoms with van der Waals surface area (Å²) >= 11 is 3.43. The van der Waals surface area contributed by atoms with Gasteiger partial charge in [-0.05, 0) is 49.6 Å². The van der Waals surface area contributed by atoms with Gasteiger partial charge in [0.05, 0.1) is 5.41 Å². The van der Waals surface area contributed by atoms with Gasteiger partial charge in [-0.15, -0.1) is 0 Å². The number of aryl methyl sites for hydroxylation is 1. The molecule has 0 spiro atoms. The first-order valence-corrected chi connectivity index (χ1v) is 8.45. The van der Waals surface area contributed by atoms with Crippen molar-refractivity contribution in [3.8, 4) is 0 Å². The molecule has 118 valence electrons. The molecule has 0 amide bonds. The quantitative estimate of drug-likeness (QED) is 0.472. The Morgan fingerprint density at radius 3 is 2.43 bits per heavy atom. The Morgan fingerprint density at radius 1 is 1.22 bits per heavy atom. The van der Waals surface area contributed by atoms with Gasteiger partial charge in [-0.2, -0.15) is 0 Å². The van der Waals surface area contributed by atoms with Crippen molar-refractivity contribution in [2.45, 2.75) is 31.6 Å². The van der Waals surface area contributed by atoms with Gasteiger partial charge < -0.3 is 5.11 Å². The van der Waals surface area contributed by atoms with Crippen LogP contribution >= 0.6 is 15.9 Å². The minimum absolute atomic E-state index is 0.150. The molecule has 3 rings (SSSR count). The van der Waals surface area contributed by atoms with Crippen molar-refractivity contribution >= 4 is 21.7 Å². The number of carbonyl (C=O) groups excluding carboxylic acids is 1. The van der Waals surface area contributed by atoms with Gasteiger partial charge in [0.25, 0.3) is 0 Å². The maximum absolute atomic E-state index is 12.4. The molecule has 0 bridgehead atoms. The van der Waals surface area contributed by atoms with Crippen molar-refractivity contribution in [3.63, 3.8) is 0 Å². The lowest BCUT2D eigenvalue weighted by atomic mass is 9.63. The highest BCUT2D eigenvalue weighted by Gasteiger charge is 2.42. The average molecular weight is 372 g/mol. The summed E-state index contributed by atoms with van der Waals surface area (Å²) in [5, 5.41) is 10.6. The lowest BCUT2D eigenvalue weighted by Gasteiger charge is -2.41. The predicted molar refractivity (Wildman–Crippen MR) is 93.7 cm³/mol. The standard InChI is InChI=1S/C19H18BrNO2/c1-13-3-4-14(12-21-13)17(22)11-18(23)19(9-2-10-19)15-5-7-16(20)8-6-15/h3-8,11-12,23H,2,9-10H2,1H3/b18-11-. The Morgan fingerprint density at radius 2 is 1.91 bits per heavy atom. The molecule has 0 unspecified atom stereocenters. The van der Waals surface area contributed by atoms with E-state index in [0.29, 0.717) is 5.56 Å². The van der Waals surface area contributed by atoms with Crippen LogP contribution in [0.4, 0.5) is 0 Å². The first kappa shape index (κ1) is 15.9. The summed E-state index contributed by atoms with van der Waals surface area (Å²) in [6.45, 7) is 1.87. The fourth-order valence-electron chi connectivity index (χ4n) is 2.95. The van der Waals surface area contributed by atoms with Crippen molar-refractivity contribution in [1.82, 2.24) is 4.98 Å². The predicted octanol–water partition coefficient (Wildman–Crippen LogP) is 4.90. The number of aromatic nitrogens is 1. The maximum Gasteiger partial charge on any atom is 0.190 e. The number of allylic oxidation sites excluding steroid dienone is 2. The van der Waals surface area contributed by atoms with Crippen molar-refractivity contribution < 1.29 is 9.90 Å². The molecule has 0 saturated heterocycles. The van der Waals surface area contributed by atoms with Gasteiger partial charge in [-0.25, -0.2) is 0 Å². The normalized spacial score (nSPS) is 16.7. The van der Waals surface area contributed by atoms with E-state index in [1.165, 1.54) is 6.08 Å². The number of pyridine rings is 1. The molecule has 3 nitrogen and oxygen atoms in total.